The molecule has 0 aliphatic heterocycles. The van der Waals surface area contributed by atoms with Gasteiger partial charge in [0.1, 0.15) is 16.7 Å². The lowest BCUT2D eigenvalue weighted by atomic mass is 10.0. The first-order valence-corrected chi connectivity index (χ1v) is 12.6. The molecule has 38 heavy (non-hydrogen) atoms. The van der Waals surface area contributed by atoms with Crippen molar-refractivity contribution in [1.29, 1.82) is 0 Å². The molecule has 5 N–H and O–H groups in total. The Morgan fingerprint density at radius 1 is 1.00 bits per heavy atom. The molecule has 1 atom stereocenters. The summed E-state index contributed by atoms with van der Waals surface area (Å²) in [7, 11) is 0. The summed E-state index contributed by atoms with van der Waals surface area (Å²) in [6.07, 6.45) is 0. The second-order valence-electron chi connectivity index (χ2n) is 8.32. The number of carbonyl (C=O) groups excluding carboxylic acids is 3. The minimum absolute atomic E-state index is 0.0613. The Morgan fingerprint density at radius 3 is 2.29 bits per heavy atom. The average molecular weight is 552 g/mol. The van der Waals surface area contributed by atoms with Crippen molar-refractivity contribution in [2.45, 2.75) is 19.1 Å². The van der Waals surface area contributed by atoms with Crippen molar-refractivity contribution >= 4 is 46.5 Å². The zero-order chi connectivity index (χ0) is 27.2. The van der Waals surface area contributed by atoms with Crippen LogP contribution < -0.4 is 16.8 Å². The van der Waals surface area contributed by atoms with Crippen LogP contribution in [0.5, 0.6) is 0 Å². The van der Waals surface area contributed by atoms with E-state index in [2.05, 4.69) is 9.69 Å². The van der Waals surface area contributed by atoms with Gasteiger partial charge in [-0.3, -0.25) is 14.4 Å². The van der Waals surface area contributed by atoms with Gasteiger partial charge in [-0.1, -0.05) is 72.3 Å². The molecule has 0 saturated heterocycles. The highest BCUT2D eigenvalue weighted by Gasteiger charge is 2.35. The number of hydrogen-bond donors (Lipinski definition) is 3. The van der Waals surface area contributed by atoms with Crippen LogP contribution in [0, 0.1) is 5.82 Å². The third kappa shape index (κ3) is 5.99. The van der Waals surface area contributed by atoms with Gasteiger partial charge in [-0.05, 0) is 46.4 Å². The van der Waals surface area contributed by atoms with Crippen molar-refractivity contribution in [3.05, 3.63) is 117 Å². The molecule has 4 aromatic rings. The van der Waals surface area contributed by atoms with E-state index in [1.807, 2.05) is 30.3 Å². The van der Waals surface area contributed by atoms with Crippen LogP contribution >= 0.6 is 23.1 Å². The summed E-state index contributed by atoms with van der Waals surface area (Å²) in [6, 6.07) is 20.2. The van der Waals surface area contributed by atoms with E-state index in [-0.39, 0.29) is 29.3 Å². The Balaban J connectivity index is 1.79. The van der Waals surface area contributed by atoms with E-state index in [9.17, 15) is 18.8 Å². The Hall–Kier alpha value is -4.28. The zero-order valence-electron chi connectivity index (χ0n) is 19.9. The largest absolute Gasteiger partial charge is 0.395 e. The number of nitrogens with two attached hydrogens (primary N) is 2. The summed E-state index contributed by atoms with van der Waals surface area (Å²) < 4.78 is 17.7. The van der Waals surface area contributed by atoms with Crippen molar-refractivity contribution in [3.63, 3.8) is 0 Å². The fraction of sp³-hybridized carbons (Fsp3) is 0.111. The van der Waals surface area contributed by atoms with Gasteiger partial charge in [0.15, 0.2) is 5.69 Å². The maximum atomic E-state index is 13.9. The highest BCUT2D eigenvalue weighted by molar-refractivity contribution is 7.09. The van der Waals surface area contributed by atoms with Gasteiger partial charge in [0.25, 0.3) is 11.8 Å². The van der Waals surface area contributed by atoms with E-state index in [1.165, 1.54) is 29.2 Å². The molecule has 0 fully saturated rings. The predicted molar refractivity (Wildman–Crippen MR) is 144 cm³/mol. The van der Waals surface area contributed by atoms with Gasteiger partial charge in [0.2, 0.25) is 5.91 Å². The van der Waals surface area contributed by atoms with E-state index in [4.69, 9.17) is 23.1 Å². The van der Waals surface area contributed by atoms with Crippen molar-refractivity contribution in [2.75, 3.05) is 5.73 Å². The number of amides is 3. The topological polar surface area (TPSA) is 131 Å². The quantitative estimate of drug-likeness (QED) is 0.285. The number of halogens is 2. The number of nitrogens with zero attached hydrogens (tertiary/aromatic N) is 2. The fourth-order valence-corrected chi connectivity index (χ4v) is 4.81. The Morgan fingerprint density at radius 2 is 1.66 bits per heavy atom. The molecule has 1 aromatic heterocycles. The minimum Gasteiger partial charge on any atom is -0.395 e. The molecule has 0 radical (unpaired) electrons. The summed E-state index contributed by atoms with van der Waals surface area (Å²) in [5.74, 6) is -2.57. The summed E-state index contributed by atoms with van der Waals surface area (Å²) >= 11 is 7.11. The van der Waals surface area contributed by atoms with Crippen molar-refractivity contribution in [3.8, 4) is 0 Å². The third-order valence-corrected chi connectivity index (χ3v) is 6.99. The maximum absolute atomic E-state index is 13.9. The maximum Gasteiger partial charge on any atom is 0.270 e. The summed E-state index contributed by atoms with van der Waals surface area (Å²) in [5.41, 5.74) is 12.7. The van der Waals surface area contributed by atoms with Crippen LogP contribution in [0.25, 0.3) is 0 Å². The Kier molecular flexibility index (Phi) is 8.35. The molecule has 0 saturated carbocycles. The lowest BCUT2D eigenvalue weighted by molar-refractivity contribution is -0.126. The number of aromatic nitrogens is 1. The lowest BCUT2D eigenvalue weighted by Gasteiger charge is -2.31. The summed E-state index contributed by atoms with van der Waals surface area (Å²) in [4.78, 5) is 40.6. The molecule has 194 valence electrons. The number of anilines is 1. The Bertz CT molecular complexity index is 1460. The van der Waals surface area contributed by atoms with E-state index in [1.54, 1.807) is 24.3 Å². The first-order valence-electron chi connectivity index (χ1n) is 11.4. The molecule has 0 aliphatic rings. The van der Waals surface area contributed by atoms with E-state index >= 15 is 0 Å². The number of hydrogen-bond acceptors (Lipinski definition) is 6. The van der Waals surface area contributed by atoms with Crippen LogP contribution in [0.4, 0.5) is 10.1 Å². The standard InChI is InChI=1S/C27H23ClFN5O3S/c28-20-9-5-4-8-18(20)15-34(27(37)24-21(30)22(25(31)35)33-38-24)23(17-10-12-19(29)13-11-17)26(36)32-14-16-6-2-1-3-7-16/h1-13,23H,14-15,30H2,(H2,31,35)(H,32,36)/t23-/m0/s1. The number of carbonyl (C=O) groups is 3. The number of nitrogen functional groups attached to an aromatic ring is 1. The molecule has 0 aliphatic carbocycles. The first-order chi connectivity index (χ1) is 18.3. The van der Waals surface area contributed by atoms with Crippen molar-refractivity contribution in [2.24, 2.45) is 5.73 Å². The molecular formula is C27H23ClFN5O3S. The number of primary amides is 1. The van der Waals surface area contributed by atoms with E-state index < -0.39 is 29.6 Å². The molecule has 3 amide bonds. The molecule has 3 aromatic carbocycles. The number of rotatable bonds is 9. The minimum atomic E-state index is -1.21. The van der Waals surface area contributed by atoms with E-state index in [0.29, 0.717) is 27.7 Å². The van der Waals surface area contributed by atoms with Gasteiger partial charge in [0, 0.05) is 18.1 Å². The molecule has 4 rings (SSSR count). The van der Waals surface area contributed by atoms with Gasteiger partial charge in [-0.15, -0.1) is 0 Å². The molecule has 0 spiro atoms. The molecule has 0 bridgehead atoms. The second kappa shape index (κ2) is 11.8. The van der Waals surface area contributed by atoms with Gasteiger partial charge < -0.3 is 21.7 Å². The fourth-order valence-electron chi connectivity index (χ4n) is 3.85. The second-order valence-corrected chi connectivity index (χ2v) is 9.50. The van der Waals surface area contributed by atoms with Gasteiger partial charge >= 0.3 is 0 Å². The van der Waals surface area contributed by atoms with Crippen LogP contribution in [0.3, 0.4) is 0 Å². The summed E-state index contributed by atoms with van der Waals surface area (Å²) in [5, 5.41) is 3.24. The van der Waals surface area contributed by atoms with E-state index in [0.717, 1.165) is 5.56 Å². The van der Waals surface area contributed by atoms with Crippen LogP contribution in [0.1, 0.15) is 42.9 Å². The molecule has 1 heterocycles. The van der Waals surface area contributed by atoms with Crippen molar-refractivity contribution in [1.82, 2.24) is 14.6 Å². The monoisotopic (exact) mass is 551 g/mol. The number of benzene rings is 3. The Labute approximate surface area is 227 Å². The van der Waals surface area contributed by atoms with Crippen LogP contribution in [-0.2, 0) is 17.9 Å². The smallest absolute Gasteiger partial charge is 0.270 e. The molecule has 11 heteroatoms. The highest BCUT2D eigenvalue weighted by atomic mass is 35.5. The first kappa shape index (κ1) is 26.8. The average Bonchev–Trinajstić information content (AvgIpc) is 3.31. The normalized spacial score (nSPS) is 11.5. The van der Waals surface area contributed by atoms with Crippen LogP contribution in [-0.4, -0.2) is 27.0 Å². The predicted octanol–water partition coefficient (Wildman–Crippen LogP) is 4.32. The lowest BCUT2D eigenvalue weighted by Crippen LogP contribution is -2.43. The van der Waals surface area contributed by atoms with Gasteiger partial charge in [-0.25, -0.2) is 4.39 Å². The summed E-state index contributed by atoms with van der Waals surface area (Å²) in [6.45, 7) is 0.0998. The van der Waals surface area contributed by atoms with Gasteiger partial charge in [-0.2, -0.15) is 4.37 Å². The SMILES string of the molecule is NC(=O)c1nsc(C(=O)N(Cc2ccccc2Cl)[C@H](C(=O)NCc2ccccc2)c2ccc(F)cc2)c1N. The molecule has 0 unspecified atom stereocenters. The highest BCUT2D eigenvalue weighted by Crippen LogP contribution is 2.31. The third-order valence-electron chi connectivity index (χ3n) is 5.77. The van der Waals surface area contributed by atoms with Gasteiger partial charge in [0.05, 0.1) is 5.69 Å². The number of nitrogens with one attached hydrogen (secondary N) is 1. The zero-order valence-corrected chi connectivity index (χ0v) is 21.5. The molecule has 8 nitrogen and oxygen atoms in total. The van der Waals surface area contributed by atoms with Crippen LogP contribution in [0.2, 0.25) is 5.02 Å². The van der Waals surface area contributed by atoms with Crippen LogP contribution in [0.15, 0.2) is 78.9 Å². The van der Waals surface area contributed by atoms with Crippen molar-refractivity contribution < 1.29 is 18.8 Å². The molecular weight excluding hydrogens is 529 g/mol.